The van der Waals surface area contributed by atoms with Gasteiger partial charge in [-0.25, -0.2) is 4.98 Å². The molecule has 0 fully saturated rings. The van der Waals surface area contributed by atoms with Crippen LogP contribution in [0.2, 0.25) is 0 Å². The Morgan fingerprint density at radius 3 is 2.78 bits per heavy atom. The maximum atomic E-state index is 3.90. The van der Waals surface area contributed by atoms with E-state index in [1.165, 1.54) is 6.42 Å². The molecule has 0 saturated heterocycles. The van der Waals surface area contributed by atoms with Gasteiger partial charge in [0.2, 0.25) is 0 Å². The van der Waals surface area contributed by atoms with E-state index in [1.54, 1.807) is 6.20 Å². The van der Waals surface area contributed by atoms with Gasteiger partial charge in [-0.1, -0.05) is 6.92 Å². The molecule has 2 nitrogen and oxygen atoms in total. The molecule has 1 rings (SSSR count). The highest BCUT2D eigenvalue weighted by molar-refractivity contribution is 5.85. The summed E-state index contributed by atoms with van der Waals surface area (Å²) in [6, 6.07) is 0. The summed E-state index contributed by atoms with van der Waals surface area (Å²) in [7, 11) is 0. The molecule has 3 heteroatoms. The molecule has 0 N–H and O–H groups in total. The third-order valence-corrected chi connectivity index (χ3v) is 1.04. The van der Waals surface area contributed by atoms with Gasteiger partial charge in [-0.05, 0) is 6.42 Å². The number of aryl methyl sites for hydroxylation is 1. The molecule has 1 aromatic rings. The van der Waals surface area contributed by atoms with Crippen LogP contribution in [-0.4, -0.2) is 9.55 Å². The van der Waals surface area contributed by atoms with E-state index in [0.717, 1.165) is 6.54 Å². The molecule has 52 valence electrons. The predicted molar refractivity (Wildman–Crippen MR) is 39.8 cm³/mol. The molecule has 0 unspecified atom stereocenters. The highest BCUT2D eigenvalue weighted by Crippen LogP contribution is 1.87. The molecule has 0 spiro atoms. The Morgan fingerprint density at radius 1 is 1.56 bits per heavy atom. The molecule has 0 amide bonds. The first kappa shape index (κ1) is 8.50. The summed E-state index contributed by atoms with van der Waals surface area (Å²) in [6.45, 7) is 3.24. The van der Waals surface area contributed by atoms with Gasteiger partial charge in [-0.2, -0.15) is 0 Å². The van der Waals surface area contributed by atoms with E-state index < -0.39 is 0 Å². The number of nitrogens with zero attached hydrogens (tertiary/aromatic N) is 2. The van der Waals surface area contributed by atoms with Crippen molar-refractivity contribution in [3.63, 3.8) is 0 Å². The Balaban J connectivity index is 0.000000640. The first-order valence-corrected chi connectivity index (χ1v) is 2.89. The average molecular weight is 147 g/mol. The maximum Gasteiger partial charge on any atom is 0.0945 e. The number of aromatic nitrogens is 2. The van der Waals surface area contributed by atoms with Crippen molar-refractivity contribution in [3.05, 3.63) is 18.7 Å². The van der Waals surface area contributed by atoms with Crippen LogP contribution in [-0.2, 0) is 6.54 Å². The Labute approximate surface area is 61.3 Å². The zero-order valence-electron chi connectivity index (χ0n) is 5.45. The minimum atomic E-state index is 0. The van der Waals surface area contributed by atoms with Crippen LogP contribution in [0.15, 0.2) is 18.7 Å². The molecule has 0 aliphatic carbocycles. The molecule has 0 saturated carbocycles. The molecule has 0 radical (unpaired) electrons. The molecule has 0 aromatic carbocycles. The molecule has 0 aliphatic heterocycles. The molecule has 0 bridgehead atoms. The summed E-state index contributed by atoms with van der Waals surface area (Å²) in [5, 5.41) is 0. The predicted octanol–water partition coefficient (Wildman–Crippen LogP) is 1.71. The van der Waals surface area contributed by atoms with Crippen LogP contribution in [0, 0.1) is 0 Å². The lowest BCUT2D eigenvalue weighted by molar-refractivity contribution is 0.678. The smallest absolute Gasteiger partial charge is 0.0945 e. The Kier molecular flexibility index (Phi) is 4.14. The third kappa shape index (κ3) is 2.51. The molecule has 9 heavy (non-hydrogen) atoms. The second-order valence-electron chi connectivity index (χ2n) is 1.80. The second-order valence-corrected chi connectivity index (χ2v) is 1.80. The van der Waals surface area contributed by atoms with Crippen LogP contribution in [0.1, 0.15) is 13.3 Å². The first-order valence-electron chi connectivity index (χ1n) is 2.89. The van der Waals surface area contributed by atoms with E-state index in [1.807, 2.05) is 12.5 Å². The molecule has 1 heterocycles. The Bertz CT molecular complexity index is 137. The zero-order chi connectivity index (χ0) is 5.82. The molecular formula is C6H11ClN2. The zero-order valence-corrected chi connectivity index (χ0v) is 6.27. The normalized spacial score (nSPS) is 8.56. The van der Waals surface area contributed by atoms with E-state index in [-0.39, 0.29) is 12.4 Å². The van der Waals surface area contributed by atoms with E-state index in [2.05, 4.69) is 16.5 Å². The minimum absolute atomic E-state index is 0. The van der Waals surface area contributed by atoms with Crippen LogP contribution < -0.4 is 0 Å². The van der Waals surface area contributed by atoms with Gasteiger partial charge in [0.1, 0.15) is 0 Å². The summed E-state index contributed by atoms with van der Waals surface area (Å²) in [6.07, 6.45) is 6.79. The fourth-order valence-corrected chi connectivity index (χ4v) is 0.677. The van der Waals surface area contributed by atoms with Crippen LogP contribution in [0.4, 0.5) is 0 Å². The van der Waals surface area contributed by atoms with Gasteiger partial charge >= 0.3 is 0 Å². The van der Waals surface area contributed by atoms with Gasteiger partial charge in [0.25, 0.3) is 0 Å². The van der Waals surface area contributed by atoms with Gasteiger partial charge < -0.3 is 4.57 Å². The summed E-state index contributed by atoms with van der Waals surface area (Å²) < 4.78 is 2.07. The first-order chi connectivity index (χ1) is 3.93. The van der Waals surface area contributed by atoms with Crippen molar-refractivity contribution >= 4 is 12.4 Å². The quantitative estimate of drug-likeness (QED) is 0.621. The summed E-state index contributed by atoms with van der Waals surface area (Å²) in [5.74, 6) is 0. The Morgan fingerprint density at radius 2 is 2.33 bits per heavy atom. The highest BCUT2D eigenvalue weighted by Gasteiger charge is 1.81. The largest absolute Gasteiger partial charge is 0.338 e. The standard InChI is InChI=1S/C6H10N2.ClH/c1-2-4-8-5-3-7-6-8;/h3,5-6H,2,4H2,1H3;1H. The summed E-state index contributed by atoms with van der Waals surface area (Å²) in [5.41, 5.74) is 0. The summed E-state index contributed by atoms with van der Waals surface area (Å²) >= 11 is 0. The lowest BCUT2D eigenvalue weighted by Crippen LogP contribution is -1.90. The third-order valence-electron chi connectivity index (χ3n) is 1.04. The SMILES string of the molecule is CCCn1ccnc1.Cl. The Hall–Kier alpha value is -0.500. The van der Waals surface area contributed by atoms with E-state index in [9.17, 15) is 0 Å². The van der Waals surface area contributed by atoms with Gasteiger partial charge in [0, 0.05) is 18.9 Å². The van der Waals surface area contributed by atoms with Crippen molar-refractivity contribution in [2.75, 3.05) is 0 Å². The fraction of sp³-hybridized carbons (Fsp3) is 0.500. The number of imidazole rings is 1. The van der Waals surface area contributed by atoms with Gasteiger partial charge in [-0.3, -0.25) is 0 Å². The van der Waals surface area contributed by atoms with Crippen molar-refractivity contribution < 1.29 is 0 Å². The lowest BCUT2D eigenvalue weighted by Gasteiger charge is -1.93. The van der Waals surface area contributed by atoms with Crippen LogP contribution in [0.25, 0.3) is 0 Å². The number of hydrogen-bond acceptors (Lipinski definition) is 1. The van der Waals surface area contributed by atoms with Crippen LogP contribution in [0.5, 0.6) is 0 Å². The average Bonchev–Trinajstić information content (AvgIpc) is 2.19. The molecular weight excluding hydrogens is 136 g/mol. The van der Waals surface area contributed by atoms with Crippen LogP contribution in [0.3, 0.4) is 0 Å². The second kappa shape index (κ2) is 4.39. The topological polar surface area (TPSA) is 17.8 Å². The number of hydrogen-bond donors (Lipinski definition) is 0. The van der Waals surface area contributed by atoms with Crippen molar-refractivity contribution in [2.24, 2.45) is 0 Å². The minimum Gasteiger partial charge on any atom is -0.338 e. The lowest BCUT2D eigenvalue weighted by atomic mass is 10.5. The highest BCUT2D eigenvalue weighted by atomic mass is 35.5. The summed E-state index contributed by atoms with van der Waals surface area (Å²) in [4.78, 5) is 3.90. The molecule has 1 aromatic heterocycles. The number of rotatable bonds is 2. The van der Waals surface area contributed by atoms with E-state index >= 15 is 0 Å². The van der Waals surface area contributed by atoms with E-state index in [4.69, 9.17) is 0 Å². The maximum absolute atomic E-state index is 3.90. The van der Waals surface area contributed by atoms with Crippen molar-refractivity contribution in [2.45, 2.75) is 19.9 Å². The van der Waals surface area contributed by atoms with Gasteiger partial charge in [-0.15, -0.1) is 12.4 Å². The number of halogens is 1. The van der Waals surface area contributed by atoms with Crippen molar-refractivity contribution in [1.29, 1.82) is 0 Å². The van der Waals surface area contributed by atoms with Gasteiger partial charge in [0.05, 0.1) is 6.33 Å². The van der Waals surface area contributed by atoms with E-state index in [0.29, 0.717) is 0 Å². The molecule has 0 aliphatic rings. The fourth-order valence-electron chi connectivity index (χ4n) is 0.677. The van der Waals surface area contributed by atoms with Crippen molar-refractivity contribution in [1.82, 2.24) is 9.55 Å². The van der Waals surface area contributed by atoms with Gasteiger partial charge in [0.15, 0.2) is 0 Å². The van der Waals surface area contributed by atoms with Crippen molar-refractivity contribution in [3.8, 4) is 0 Å². The van der Waals surface area contributed by atoms with Crippen LogP contribution >= 0.6 is 12.4 Å². The molecule has 0 atom stereocenters. The monoisotopic (exact) mass is 146 g/mol.